The summed E-state index contributed by atoms with van der Waals surface area (Å²) >= 11 is 0. The molecule has 2 aromatic rings. The van der Waals surface area contributed by atoms with Gasteiger partial charge in [0.05, 0.1) is 38.5 Å². The maximum absolute atomic E-state index is 12.8. The number of fused-ring (bicyclic) bond motifs is 2. The number of hydrogen-bond donors (Lipinski definition) is 0. The van der Waals surface area contributed by atoms with E-state index in [-0.39, 0.29) is 11.5 Å². The van der Waals surface area contributed by atoms with Crippen molar-refractivity contribution in [2.45, 2.75) is 38.2 Å². The molecule has 1 aromatic carbocycles. The molecule has 1 amide bonds. The largest absolute Gasteiger partial charge is 0.493 e. The topological polar surface area (TPSA) is 60.9 Å². The van der Waals surface area contributed by atoms with E-state index in [0.29, 0.717) is 26.1 Å². The summed E-state index contributed by atoms with van der Waals surface area (Å²) < 4.78 is 17.3. The predicted octanol–water partition coefficient (Wildman–Crippen LogP) is 3.04. The molecule has 0 unspecified atom stereocenters. The molecule has 0 radical (unpaired) electrons. The molecule has 29 heavy (non-hydrogen) atoms. The molecular weight excluding hydrogens is 368 g/mol. The Labute approximate surface area is 171 Å². The fourth-order valence-electron chi connectivity index (χ4n) is 4.48. The highest BCUT2D eigenvalue weighted by molar-refractivity contribution is 5.78. The summed E-state index contributed by atoms with van der Waals surface area (Å²) in [5, 5.41) is 0. The van der Waals surface area contributed by atoms with E-state index in [9.17, 15) is 4.79 Å². The van der Waals surface area contributed by atoms with Crippen LogP contribution in [0.4, 0.5) is 0 Å². The second kappa shape index (κ2) is 8.03. The van der Waals surface area contributed by atoms with Crippen LogP contribution < -0.4 is 9.47 Å². The Hall–Kier alpha value is -2.60. The van der Waals surface area contributed by atoms with Crippen LogP contribution in [0.5, 0.6) is 11.5 Å². The zero-order valence-corrected chi connectivity index (χ0v) is 17.4. The molecule has 1 aromatic heterocycles. The van der Waals surface area contributed by atoms with Crippen molar-refractivity contribution in [2.24, 2.45) is 0 Å². The SMILES string of the molecule is COc1cc2c(cc1OC)C1(CCN(C(=O)Cc3ncccc3C)CC1)OCC2. The van der Waals surface area contributed by atoms with Gasteiger partial charge in [-0.2, -0.15) is 0 Å². The van der Waals surface area contributed by atoms with Crippen molar-refractivity contribution in [2.75, 3.05) is 33.9 Å². The zero-order chi connectivity index (χ0) is 20.4. The predicted molar refractivity (Wildman–Crippen MR) is 109 cm³/mol. The monoisotopic (exact) mass is 396 g/mol. The molecule has 3 heterocycles. The summed E-state index contributed by atoms with van der Waals surface area (Å²) in [6, 6.07) is 8.02. The van der Waals surface area contributed by atoms with E-state index >= 15 is 0 Å². The number of methoxy groups -OCH3 is 2. The lowest BCUT2D eigenvalue weighted by Crippen LogP contribution is -2.48. The minimum absolute atomic E-state index is 0.130. The Morgan fingerprint density at radius 3 is 2.62 bits per heavy atom. The molecule has 4 rings (SSSR count). The fourth-order valence-corrected chi connectivity index (χ4v) is 4.48. The van der Waals surface area contributed by atoms with Crippen molar-refractivity contribution >= 4 is 5.91 Å². The molecule has 1 fully saturated rings. The van der Waals surface area contributed by atoms with Crippen molar-refractivity contribution in [3.63, 3.8) is 0 Å². The standard InChI is InChI=1S/C23H28N2O4/c1-16-5-4-9-24-19(16)15-22(26)25-10-7-23(8-11-25)18-14-21(28-3)20(27-2)13-17(18)6-12-29-23/h4-5,9,13-14H,6-8,10-12,15H2,1-3H3. The number of benzene rings is 1. The third-order valence-electron chi connectivity index (χ3n) is 6.21. The molecule has 0 bridgehead atoms. The van der Waals surface area contributed by atoms with Gasteiger partial charge in [0, 0.05) is 19.3 Å². The zero-order valence-electron chi connectivity index (χ0n) is 17.4. The van der Waals surface area contributed by atoms with Crippen molar-refractivity contribution in [3.05, 3.63) is 52.8 Å². The first kappa shape index (κ1) is 19.7. The number of pyridine rings is 1. The molecule has 0 aliphatic carbocycles. The van der Waals surface area contributed by atoms with Crippen LogP contribution in [-0.4, -0.2) is 49.7 Å². The van der Waals surface area contributed by atoms with Gasteiger partial charge in [0.15, 0.2) is 11.5 Å². The molecular formula is C23H28N2O4. The van der Waals surface area contributed by atoms with Crippen LogP contribution in [0.3, 0.4) is 0 Å². The highest BCUT2D eigenvalue weighted by Crippen LogP contribution is 2.45. The van der Waals surface area contributed by atoms with Crippen molar-refractivity contribution in [1.29, 1.82) is 0 Å². The second-order valence-electron chi connectivity index (χ2n) is 7.78. The smallest absolute Gasteiger partial charge is 0.228 e. The number of hydrogen-bond acceptors (Lipinski definition) is 5. The van der Waals surface area contributed by atoms with Crippen molar-refractivity contribution in [1.82, 2.24) is 9.88 Å². The number of rotatable bonds is 4. The van der Waals surface area contributed by atoms with Crippen LogP contribution in [0, 0.1) is 6.92 Å². The van der Waals surface area contributed by atoms with E-state index in [1.807, 2.05) is 24.0 Å². The van der Waals surface area contributed by atoms with Crippen LogP contribution in [0.15, 0.2) is 30.5 Å². The van der Waals surface area contributed by atoms with Gasteiger partial charge in [0.25, 0.3) is 0 Å². The molecule has 6 nitrogen and oxygen atoms in total. The Morgan fingerprint density at radius 1 is 1.21 bits per heavy atom. The van der Waals surface area contributed by atoms with Crippen LogP contribution in [0.25, 0.3) is 0 Å². The number of likely N-dealkylation sites (tertiary alicyclic amines) is 1. The molecule has 1 spiro atoms. The minimum atomic E-state index is -0.356. The van der Waals surface area contributed by atoms with Crippen LogP contribution in [-0.2, 0) is 28.0 Å². The van der Waals surface area contributed by atoms with E-state index in [1.54, 1.807) is 20.4 Å². The number of piperidine rings is 1. The van der Waals surface area contributed by atoms with Gasteiger partial charge >= 0.3 is 0 Å². The number of carbonyl (C=O) groups is 1. The quantitative estimate of drug-likeness (QED) is 0.795. The van der Waals surface area contributed by atoms with E-state index < -0.39 is 0 Å². The summed E-state index contributed by atoms with van der Waals surface area (Å²) in [6.07, 6.45) is 4.52. The molecule has 1 saturated heterocycles. The molecule has 154 valence electrons. The highest BCUT2D eigenvalue weighted by Gasteiger charge is 2.42. The second-order valence-corrected chi connectivity index (χ2v) is 7.78. The number of aryl methyl sites for hydroxylation is 1. The average Bonchev–Trinajstić information content (AvgIpc) is 2.75. The lowest BCUT2D eigenvalue weighted by molar-refractivity contribution is -0.140. The molecule has 0 atom stereocenters. The third-order valence-corrected chi connectivity index (χ3v) is 6.21. The van der Waals surface area contributed by atoms with Gasteiger partial charge in [-0.15, -0.1) is 0 Å². The molecule has 2 aliphatic heterocycles. The maximum atomic E-state index is 12.8. The maximum Gasteiger partial charge on any atom is 0.228 e. The van der Waals surface area contributed by atoms with E-state index in [0.717, 1.165) is 42.0 Å². The van der Waals surface area contributed by atoms with Crippen molar-refractivity contribution in [3.8, 4) is 11.5 Å². The van der Waals surface area contributed by atoms with Gasteiger partial charge in [0.1, 0.15) is 0 Å². The third kappa shape index (κ3) is 3.69. The number of ether oxygens (including phenoxy) is 3. The van der Waals surface area contributed by atoms with Crippen LogP contribution in [0.1, 0.15) is 35.2 Å². The summed E-state index contributed by atoms with van der Waals surface area (Å²) in [5.74, 6) is 1.60. The van der Waals surface area contributed by atoms with Gasteiger partial charge in [-0.1, -0.05) is 6.07 Å². The van der Waals surface area contributed by atoms with Crippen LogP contribution in [0.2, 0.25) is 0 Å². The first-order chi connectivity index (χ1) is 14.1. The van der Waals surface area contributed by atoms with Gasteiger partial charge in [-0.25, -0.2) is 0 Å². The Morgan fingerprint density at radius 2 is 1.93 bits per heavy atom. The lowest BCUT2D eigenvalue weighted by atomic mass is 9.79. The highest BCUT2D eigenvalue weighted by atomic mass is 16.5. The fraction of sp³-hybridized carbons (Fsp3) is 0.478. The number of aromatic nitrogens is 1. The Bertz CT molecular complexity index is 904. The first-order valence-corrected chi connectivity index (χ1v) is 10.1. The summed E-state index contributed by atoms with van der Waals surface area (Å²) in [6.45, 7) is 4.04. The van der Waals surface area contributed by atoms with E-state index in [4.69, 9.17) is 14.2 Å². The summed E-state index contributed by atoms with van der Waals surface area (Å²) in [4.78, 5) is 19.1. The Kier molecular flexibility index (Phi) is 5.46. The van der Waals surface area contributed by atoms with E-state index in [2.05, 4.69) is 17.1 Å². The van der Waals surface area contributed by atoms with Gasteiger partial charge in [-0.05, 0) is 61.1 Å². The number of carbonyl (C=O) groups excluding carboxylic acids is 1. The minimum Gasteiger partial charge on any atom is -0.493 e. The number of amides is 1. The normalized spacial score (nSPS) is 17.7. The van der Waals surface area contributed by atoms with Gasteiger partial charge in [0.2, 0.25) is 5.91 Å². The number of nitrogens with zero attached hydrogens (tertiary/aromatic N) is 2. The molecule has 0 saturated carbocycles. The molecule has 0 N–H and O–H groups in total. The van der Waals surface area contributed by atoms with Crippen LogP contribution >= 0.6 is 0 Å². The Balaban J connectivity index is 1.51. The first-order valence-electron chi connectivity index (χ1n) is 10.1. The molecule has 6 heteroatoms. The summed E-state index contributed by atoms with van der Waals surface area (Å²) in [5.41, 5.74) is 3.98. The average molecular weight is 396 g/mol. The lowest BCUT2D eigenvalue weighted by Gasteiger charge is -2.45. The van der Waals surface area contributed by atoms with Crippen molar-refractivity contribution < 1.29 is 19.0 Å². The summed E-state index contributed by atoms with van der Waals surface area (Å²) in [7, 11) is 3.31. The van der Waals surface area contributed by atoms with E-state index in [1.165, 1.54) is 11.1 Å². The molecule has 2 aliphatic rings. The van der Waals surface area contributed by atoms with Gasteiger partial charge in [-0.3, -0.25) is 9.78 Å². The van der Waals surface area contributed by atoms with Gasteiger partial charge < -0.3 is 19.1 Å².